The van der Waals surface area contributed by atoms with Gasteiger partial charge in [-0.15, -0.1) is 11.3 Å². The first-order valence-electron chi connectivity index (χ1n) is 4.60. The van der Waals surface area contributed by atoms with Crippen molar-refractivity contribution in [3.05, 3.63) is 21.9 Å². The summed E-state index contributed by atoms with van der Waals surface area (Å²) < 4.78 is 5.46. The Morgan fingerprint density at radius 2 is 2.40 bits per heavy atom. The molecule has 0 fully saturated rings. The molecule has 1 aromatic heterocycles. The first kappa shape index (κ1) is 10.2. The highest BCUT2D eigenvalue weighted by atomic mass is 32.1. The van der Waals surface area contributed by atoms with Crippen molar-refractivity contribution in [2.24, 2.45) is 10.7 Å². The molecule has 5 heteroatoms. The Balaban J connectivity index is 2.39. The van der Waals surface area contributed by atoms with E-state index in [1.165, 1.54) is 11.3 Å². The van der Waals surface area contributed by atoms with E-state index < -0.39 is 5.91 Å². The van der Waals surface area contributed by atoms with E-state index in [9.17, 15) is 4.79 Å². The SMILES string of the molecule is CC1(C)COC(c2sccc2C(N)=O)=N1. The highest BCUT2D eigenvalue weighted by Gasteiger charge is 2.29. The van der Waals surface area contributed by atoms with E-state index in [1.54, 1.807) is 6.07 Å². The number of aliphatic imine (C=N–C) groups is 1. The zero-order chi connectivity index (χ0) is 11.1. The normalized spacial score (nSPS) is 18.4. The second-order valence-electron chi connectivity index (χ2n) is 4.05. The fourth-order valence-electron chi connectivity index (χ4n) is 1.37. The maximum atomic E-state index is 11.1. The molecule has 80 valence electrons. The van der Waals surface area contributed by atoms with Gasteiger partial charge in [0.15, 0.2) is 0 Å². The fraction of sp³-hybridized carbons (Fsp3) is 0.400. The molecule has 15 heavy (non-hydrogen) atoms. The molecule has 0 aromatic carbocycles. The standard InChI is InChI=1S/C10H12N2O2S/c1-10(2)5-14-9(12-10)7-6(8(11)13)3-4-15-7/h3-4H,5H2,1-2H3,(H2,11,13). The second-order valence-corrected chi connectivity index (χ2v) is 4.96. The molecule has 2 heterocycles. The number of rotatable bonds is 2. The molecule has 0 bridgehead atoms. The number of nitrogens with two attached hydrogens (primary N) is 1. The lowest BCUT2D eigenvalue weighted by Crippen LogP contribution is -2.17. The molecule has 1 aromatic rings. The number of amides is 1. The van der Waals surface area contributed by atoms with Gasteiger partial charge in [-0.05, 0) is 25.3 Å². The molecule has 2 N–H and O–H groups in total. The second kappa shape index (κ2) is 3.34. The molecule has 0 spiro atoms. The number of thiophene rings is 1. The molecule has 0 saturated heterocycles. The van der Waals surface area contributed by atoms with Crippen molar-refractivity contribution in [1.29, 1.82) is 0 Å². The van der Waals surface area contributed by atoms with Crippen molar-refractivity contribution in [2.75, 3.05) is 6.61 Å². The summed E-state index contributed by atoms with van der Waals surface area (Å²) in [6, 6.07) is 1.69. The van der Waals surface area contributed by atoms with Crippen LogP contribution in [0.2, 0.25) is 0 Å². The van der Waals surface area contributed by atoms with Crippen molar-refractivity contribution in [3.63, 3.8) is 0 Å². The average molecular weight is 224 g/mol. The molecule has 0 aliphatic carbocycles. The Morgan fingerprint density at radius 3 is 2.93 bits per heavy atom. The number of hydrogen-bond acceptors (Lipinski definition) is 4. The van der Waals surface area contributed by atoms with Gasteiger partial charge in [-0.2, -0.15) is 0 Å². The highest BCUT2D eigenvalue weighted by Crippen LogP contribution is 2.25. The van der Waals surface area contributed by atoms with Crippen LogP contribution in [-0.4, -0.2) is 24.0 Å². The van der Waals surface area contributed by atoms with Crippen LogP contribution in [0.4, 0.5) is 0 Å². The van der Waals surface area contributed by atoms with Crippen LogP contribution >= 0.6 is 11.3 Å². The number of hydrogen-bond donors (Lipinski definition) is 1. The number of carbonyl (C=O) groups excluding carboxylic acids is 1. The maximum absolute atomic E-state index is 11.1. The molecule has 1 amide bonds. The van der Waals surface area contributed by atoms with Crippen LogP contribution < -0.4 is 5.73 Å². The van der Waals surface area contributed by atoms with E-state index in [-0.39, 0.29) is 5.54 Å². The first-order chi connectivity index (χ1) is 6.99. The lowest BCUT2D eigenvalue weighted by atomic mass is 10.1. The predicted molar refractivity (Wildman–Crippen MR) is 59.4 cm³/mol. The summed E-state index contributed by atoms with van der Waals surface area (Å²) in [5.74, 6) is 0.0889. The highest BCUT2D eigenvalue weighted by molar-refractivity contribution is 7.12. The molecule has 4 nitrogen and oxygen atoms in total. The van der Waals surface area contributed by atoms with Gasteiger partial charge in [0.1, 0.15) is 11.5 Å². The van der Waals surface area contributed by atoms with Crippen LogP contribution in [-0.2, 0) is 4.74 Å². The largest absolute Gasteiger partial charge is 0.474 e. The Hall–Kier alpha value is -1.36. The molecule has 0 atom stereocenters. The van der Waals surface area contributed by atoms with Gasteiger partial charge >= 0.3 is 0 Å². The van der Waals surface area contributed by atoms with Crippen LogP contribution in [0.15, 0.2) is 16.4 Å². The van der Waals surface area contributed by atoms with Gasteiger partial charge < -0.3 is 10.5 Å². The Labute approximate surface area is 91.8 Å². The summed E-state index contributed by atoms with van der Waals surface area (Å²) in [5.41, 5.74) is 5.52. The fourth-order valence-corrected chi connectivity index (χ4v) is 2.21. The van der Waals surface area contributed by atoms with E-state index in [0.29, 0.717) is 18.1 Å². The molecule has 0 saturated carbocycles. The monoisotopic (exact) mass is 224 g/mol. The van der Waals surface area contributed by atoms with Crippen LogP contribution in [0, 0.1) is 0 Å². The van der Waals surface area contributed by atoms with Gasteiger partial charge in [0.05, 0.1) is 11.1 Å². The third kappa shape index (κ3) is 1.87. The molecular weight excluding hydrogens is 212 g/mol. The first-order valence-corrected chi connectivity index (χ1v) is 5.48. The van der Waals surface area contributed by atoms with Gasteiger partial charge in [-0.1, -0.05) is 0 Å². The quantitative estimate of drug-likeness (QED) is 0.825. The summed E-state index contributed by atoms with van der Waals surface area (Å²) in [5, 5.41) is 1.81. The van der Waals surface area contributed by atoms with Crippen molar-refractivity contribution in [2.45, 2.75) is 19.4 Å². The Kier molecular flexibility index (Phi) is 2.26. The predicted octanol–water partition coefficient (Wildman–Crippen LogP) is 1.40. The summed E-state index contributed by atoms with van der Waals surface area (Å²) in [6.45, 7) is 4.51. The van der Waals surface area contributed by atoms with E-state index in [1.807, 2.05) is 19.2 Å². The van der Waals surface area contributed by atoms with Gasteiger partial charge in [-0.3, -0.25) is 4.79 Å². The van der Waals surface area contributed by atoms with Crippen LogP contribution in [0.5, 0.6) is 0 Å². The number of nitrogens with zero attached hydrogens (tertiary/aromatic N) is 1. The summed E-state index contributed by atoms with van der Waals surface area (Å²) in [4.78, 5) is 16.3. The molecular formula is C10H12N2O2S. The van der Waals surface area contributed by atoms with Crippen molar-refractivity contribution < 1.29 is 9.53 Å². The minimum Gasteiger partial charge on any atom is -0.474 e. The summed E-state index contributed by atoms with van der Waals surface area (Å²) >= 11 is 1.42. The zero-order valence-electron chi connectivity index (χ0n) is 8.61. The molecule has 1 aliphatic heterocycles. The van der Waals surface area contributed by atoms with Crippen LogP contribution in [0.1, 0.15) is 29.1 Å². The molecule has 1 aliphatic rings. The molecule has 0 radical (unpaired) electrons. The Morgan fingerprint density at radius 1 is 1.67 bits per heavy atom. The van der Waals surface area contributed by atoms with E-state index in [2.05, 4.69) is 4.99 Å². The van der Waals surface area contributed by atoms with E-state index in [4.69, 9.17) is 10.5 Å². The minimum atomic E-state index is -0.442. The topological polar surface area (TPSA) is 64.7 Å². The van der Waals surface area contributed by atoms with Crippen LogP contribution in [0.3, 0.4) is 0 Å². The molecule has 2 rings (SSSR count). The number of carbonyl (C=O) groups is 1. The van der Waals surface area contributed by atoms with Crippen molar-refractivity contribution >= 4 is 23.1 Å². The lowest BCUT2D eigenvalue weighted by Gasteiger charge is -2.07. The lowest BCUT2D eigenvalue weighted by molar-refractivity contribution is 0.100. The molecule has 0 unspecified atom stereocenters. The Bertz CT molecular complexity index is 434. The van der Waals surface area contributed by atoms with Crippen LogP contribution in [0.25, 0.3) is 0 Å². The van der Waals surface area contributed by atoms with Crippen molar-refractivity contribution in [1.82, 2.24) is 0 Å². The van der Waals surface area contributed by atoms with E-state index >= 15 is 0 Å². The van der Waals surface area contributed by atoms with Gasteiger partial charge in [0, 0.05) is 0 Å². The van der Waals surface area contributed by atoms with Gasteiger partial charge in [0.25, 0.3) is 0 Å². The van der Waals surface area contributed by atoms with Crippen molar-refractivity contribution in [3.8, 4) is 0 Å². The minimum absolute atomic E-state index is 0.214. The number of primary amides is 1. The number of ether oxygens (including phenoxy) is 1. The van der Waals surface area contributed by atoms with E-state index in [0.717, 1.165) is 4.88 Å². The third-order valence-corrected chi connectivity index (χ3v) is 2.99. The smallest absolute Gasteiger partial charge is 0.250 e. The third-order valence-electron chi connectivity index (χ3n) is 2.09. The van der Waals surface area contributed by atoms with Gasteiger partial charge in [0.2, 0.25) is 11.8 Å². The summed E-state index contributed by atoms with van der Waals surface area (Å²) in [6.07, 6.45) is 0. The zero-order valence-corrected chi connectivity index (χ0v) is 9.43. The van der Waals surface area contributed by atoms with Gasteiger partial charge in [-0.25, -0.2) is 4.99 Å². The summed E-state index contributed by atoms with van der Waals surface area (Å²) in [7, 11) is 0. The maximum Gasteiger partial charge on any atom is 0.250 e. The average Bonchev–Trinajstić information content (AvgIpc) is 2.69.